The number of carbonyl (C=O) groups is 1. The van der Waals surface area contributed by atoms with Crippen LogP contribution in [-0.4, -0.2) is 37.1 Å². The highest BCUT2D eigenvalue weighted by molar-refractivity contribution is 7.92. The molecule has 2 N–H and O–H groups in total. The molecular formula is C28H38N4O4S. The van der Waals surface area contributed by atoms with Crippen LogP contribution in [0.3, 0.4) is 0 Å². The molecule has 37 heavy (non-hydrogen) atoms. The Morgan fingerprint density at radius 1 is 1.00 bits per heavy atom. The van der Waals surface area contributed by atoms with Crippen molar-refractivity contribution in [2.24, 2.45) is 11.3 Å². The fourth-order valence-corrected chi connectivity index (χ4v) is 5.44. The lowest BCUT2D eigenvalue weighted by Crippen LogP contribution is -2.27. The molecule has 0 saturated carbocycles. The minimum atomic E-state index is -3.82. The predicted octanol–water partition coefficient (Wildman–Crippen LogP) is 5.55. The van der Waals surface area contributed by atoms with E-state index in [9.17, 15) is 13.2 Å². The Kier molecular flexibility index (Phi) is 7.41. The summed E-state index contributed by atoms with van der Waals surface area (Å²) in [5.41, 5.74) is 2.05. The molecule has 8 nitrogen and oxygen atoms in total. The topological polar surface area (TPSA) is 102 Å². The predicted molar refractivity (Wildman–Crippen MR) is 147 cm³/mol. The van der Waals surface area contributed by atoms with Crippen molar-refractivity contribution in [2.75, 3.05) is 23.3 Å². The molecule has 1 saturated heterocycles. The van der Waals surface area contributed by atoms with Crippen LogP contribution >= 0.6 is 0 Å². The van der Waals surface area contributed by atoms with Crippen LogP contribution in [0.5, 0.6) is 0 Å². The number of amides is 1. The third-order valence-corrected chi connectivity index (χ3v) is 7.95. The zero-order chi connectivity index (χ0) is 27.0. The van der Waals surface area contributed by atoms with Gasteiger partial charge < -0.3 is 14.6 Å². The van der Waals surface area contributed by atoms with Gasteiger partial charge in [0.15, 0.2) is 0 Å². The lowest BCUT2D eigenvalue weighted by Gasteiger charge is -2.26. The standard InChI is InChI=1S/C28H38N4O4S/c1-27(2,3)25-30-23-17-21(9-12-24(23)32(25)18-19-13-15-36-16-14-19)31-37(34,35)22-10-7-20(8-11-22)29-26(33)28(4,5)6/h7-12,17,19,31H,13-16,18H2,1-6H3,(H,29,33). The summed E-state index contributed by atoms with van der Waals surface area (Å²) in [5.74, 6) is 1.38. The van der Waals surface area contributed by atoms with E-state index in [0.717, 1.165) is 49.5 Å². The number of hydrogen-bond donors (Lipinski definition) is 2. The second-order valence-corrected chi connectivity index (χ2v) is 13.6. The number of ether oxygens (including phenoxy) is 1. The Bertz CT molecular complexity index is 1370. The summed E-state index contributed by atoms with van der Waals surface area (Å²) < 4.78 is 36.7. The van der Waals surface area contributed by atoms with E-state index in [1.54, 1.807) is 24.3 Å². The highest BCUT2D eigenvalue weighted by Crippen LogP contribution is 2.31. The number of carbonyl (C=O) groups excluding carboxylic acids is 1. The smallest absolute Gasteiger partial charge is 0.261 e. The van der Waals surface area contributed by atoms with Crippen LogP contribution in [0, 0.1) is 11.3 Å². The largest absolute Gasteiger partial charge is 0.381 e. The molecule has 1 aliphatic rings. The van der Waals surface area contributed by atoms with E-state index in [-0.39, 0.29) is 16.2 Å². The third-order valence-electron chi connectivity index (χ3n) is 6.56. The second kappa shape index (κ2) is 10.1. The fourth-order valence-electron chi connectivity index (χ4n) is 4.39. The molecule has 2 heterocycles. The van der Waals surface area contributed by atoms with E-state index in [0.29, 0.717) is 17.3 Å². The minimum absolute atomic E-state index is 0.113. The summed E-state index contributed by atoms with van der Waals surface area (Å²) in [6.45, 7) is 14.3. The van der Waals surface area contributed by atoms with Crippen molar-refractivity contribution in [1.82, 2.24) is 9.55 Å². The van der Waals surface area contributed by atoms with Gasteiger partial charge in [-0.05, 0) is 61.2 Å². The van der Waals surface area contributed by atoms with Crippen molar-refractivity contribution in [3.05, 3.63) is 48.3 Å². The first-order chi connectivity index (χ1) is 17.2. The number of anilines is 2. The number of sulfonamides is 1. The Morgan fingerprint density at radius 2 is 1.62 bits per heavy atom. The maximum atomic E-state index is 13.1. The molecule has 1 aromatic heterocycles. The van der Waals surface area contributed by atoms with E-state index >= 15 is 0 Å². The fraction of sp³-hybridized carbons (Fsp3) is 0.500. The number of benzene rings is 2. The number of nitrogens with zero attached hydrogens (tertiary/aromatic N) is 2. The summed E-state index contributed by atoms with van der Waals surface area (Å²) in [6.07, 6.45) is 2.06. The van der Waals surface area contributed by atoms with E-state index in [1.165, 1.54) is 12.1 Å². The summed E-state index contributed by atoms with van der Waals surface area (Å²) >= 11 is 0. The molecule has 3 aromatic rings. The molecular weight excluding hydrogens is 488 g/mol. The maximum absolute atomic E-state index is 13.1. The second-order valence-electron chi connectivity index (χ2n) is 11.9. The molecule has 9 heteroatoms. The SMILES string of the molecule is CC(C)(C)C(=O)Nc1ccc(S(=O)(=O)Nc2ccc3c(c2)nc(C(C)(C)C)n3CC2CCOCC2)cc1. The van der Waals surface area contributed by atoms with Crippen LogP contribution in [-0.2, 0) is 31.5 Å². The summed E-state index contributed by atoms with van der Waals surface area (Å²) in [6, 6.07) is 11.7. The molecule has 1 amide bonds. The van der Waals surface area contributed by atoms with Gasteiger partial charge in [-0.25, -0.2) is 13.4 Å². The maximum Gasteiger partial charge on any atom is 0.261 e. The zero-order valence-electron chi connectivity index (χ0n) is 22.6. The normalized spacial score (nSPS) is 15.6. The van der Waals surface area contributed by atoms with E-state index < -0.39 is 15.4 Å². The Labute approximate surface area is 219 Å². The van der Waals surface area contributed by atoms with Gasteiger partial charge in [-0.2, -0.15) is 0 Å². The number of imidazole rings is 1. The van der Waals surface area contributed by atoms with E-state index in [1.807, 2.05) is 26.8 Å². The van der Waals surface area contributed by atoms with Crippen molar-refractivity contribution in [3.63, 3.8) is 0 Å². The quantitative estimate of drug-likeness (QED) is 0.439. The van der Waals surface area contributed by atoms with Gasteiger partial charge in [0.25, 0.3) is 10.0 Å². The van der Waals surface area contributed by atoms with Gasteiger partial charge in [0.05, 0.1) is 21.6 Å². The van der Waals surface area contributed by atoms with Crippen molar-refractivity contribution in [2.45, 2.75) is 71.2 Å². The molecule has 0 radical (unpaired) electrons. The van der Waals surface area contributed by atoms with Crippen LogP contribution in [0.2, 0.25) is 0 Å². The molecule has 0 atom stereocenters. The molecule has 2 aromatic carbocycles. The monoisotopic (exact) mass is 526 g/mol. The molecule has 0 bridgehead atoms. The Morgan fingerprint density at radius 3 is 2.22 bits per heavy atom. The molecule has 4 rings (SSSR count). The van der Waals surface area contributed by atoms with Gasteiger partial charge in [0, 0.05) is 36.3 Å². The van der Waals surface area contributed by atoms with Crippen LogP contribution in [0.4, 0.5) is 11.4 Å². The van der Waals surface area contributed by atoms with E-state index in [4.69, 9.17) is 9.72 Å². The molecule has 0 aliphatic carbocycles. The molecule has 200 valence electrons. The molecule has 1 fully saturated rings. The van der Waals surface area contributed by atoms with Gasteiger partial charge in [-0.3, -0.25) is 9.52 Å². The first-order valence-corrected chi connectivity index (χ1v) is 14.3. The highest BCUT2D eigenvalue weighted by atomic mass is 32.2. The highest BCUT2D eigenvalue weighted by Gasteiger charge is 2.26. The molecule has 0 spiro atoms. The lowest BCUT2D eigenvalue weighted by atomic mass is 9.94. The van der Waals surface area contributed by atoms with E-state index in [2.05, 4.69) is 35.4 Å². The van der Waals surface area contributed by atoms with Gasteiger partial charge in [-0.15, -0.1) is 0 Å². The average molecular weight is 527 g/mol. The van der Waals surface area contributed by atoms with Crippen molar-refractivity contribution in [1.29, 1.82) is 0 Å². The number of nitrogens with one attached hydrogen (secondary N) is 2. The van der Waals surface area contributed by atoms with Crippen LogP contribution < -0.4 is 10.0 Å². The van der Waals surface area contributed by atoms with Crippen LogP contribution in [0.15, 0.2) is 47.4 Å². The van der Waals surface area contributed by atoms with Crippen molar-refractivity contribution >= 4 is 38.3 Å². The van der Waals surface area contributed by atoms with Gasteiger partial charge in [0.2, 0.25) is 5.91 Å². The van der Waals surface area contributed by atoms with Gasteiger partial charge in [-0.1, -0.05) is 41.5 Å². The number of aromatic nitrogens is 2. The number of fused-ring (bicyclic) bond motifs is 1. The van der Waals surface area contributed by atoms with Crippen molar-refractivity contribution < 1.29 is 17.9 Å². The summed E-state index contributed by atoms with van der Waals surface area (Å²) in [5, 5.41) is 2.81. The average Bonchev–Trinajstić information content (AvgIpc) is 3.17. The lowest BCUT2D eigenvalue weighted by molar-refractivity contribution is -0.123. The van der Waals surface area contributed by atoms with Gasteiger partial charge in [0.1, 0.15) is 5.82 Å². The summed E-state index contributed by atoms with van der Waals surface area (Å²) in [4.78, 5) is 17.2. The molecule has 0 unspecified atom stereocenters. The Hall–Kier alpha value is -2.91. The zero-order valence-corrected chi connectivity index (χ0v) is 23.4. The van der Waals surface area contributed by atoms with Gasteiger partial charge >= 0.3 is 0 Å². The minimum Gasteiger partial charge on any atom is -0.381 e. The third kappa shape index (κ3) is 6.33. The summed E-state index contributed by atoms with van der Waals surface area (Å²) in [7, 11) is -3.82. The first-order valence-electron chi connectivity index (χ1n) is 12.8. The number of hydrogen-bond acceptors (Lipinski definition) is 5. The van der Waals surface area contributed by atoms with Crippen molar-refractivity contribution in [3.8, 4) is 0 Å². The Balaban J connectivity index is 1.57. The number of rotatable bonds is 6. The first kappa shape index (κ1) is 27.1. The van der Waals surface area contributed by atoms with Crippen LogP contribution in [0.25, 0.3) is 11.0 Å². The van der Waals surface area contributed by atoms with Crippen LogP contribution in [0.1, 0.15) is 60.2 Å². The molecule has 1 aliphatic heterocycles.